The molecule has 0 spiro atoms. The van der Waals surface area contributed by atoms with Crippen LogP contribution in [0.3, 0.4) is 0 Å². The molecule has 2 heterocycles. The molecule has 0 N–H and O–H groups in total. The van der Waals surface area contributed by atoms with Crippen LogP contribution in [0.25, 0.3) is 0 Å². The molecule has 2 aliphatic heterocycles. The lowest BCUT2D eigenvalue weighted by molar-refractivity contribution is 0.168. The van der Waals surface area contributed by atoms with E-state index in [0.717, 1.165) is 18.4 Å². The molecule has 0 radical (unpaired) electrons. The monoisotopic (exact) mass is 308 g/mol. The van der Waals surface area contributed by atoms with E-state index in [1.807, 2.05) is 30.3 Å². The van der Waals surface area contributed by atoms with Gasteiger partial charge >= 0.3 is 0 Å². The van der Waals surface area contributed by atoms with Crippen molar-refractivity contribution in [3.63, 3.8) is 0 Å². The lowest BCUT2D eigenvalue weighted by Gasteiger charge is -2.36. The number of hydrogen-bond acceptors (Lipinski definition) is 3. The predicted octanol–water partition coefficient (Wildman–Crippen LogP) is 2.08. The van der Waals surface area contributed by atoms with Crippen molar-refractivity contribution in [2.75, 3.05) is 26.2 Å². The van der Waals surface area contributed by atoms with Gasteiger partial charge in [-0.2, -0.15) is 0 Å². The van der Waals surface area contributed by atoms with Gasteiger partial charge in [-0.15, -0.1) is 0 Å². The molecule has 21 heavy (non-hydrogen) atoms. The highest BCUT2D eigenvalue weighted by molar-refractivity contribution is 7.88. The Morgan fingerprint density at radius 1 is 0.952 bits per heavy atom. The summed E-state index contributed by atoms with van der Waals surface area (Å²) in [6.07, 6.45) is 4.56. The first kappa shape index (κ1) is 15.0. The third kappa shape index (κ3) is 3.65. The molecule has 4 nitrogen and oxygen atoms in total. The SMILES string of the molecule is O=S(=O)(Cc1ccccc1)N1CCC(N2CCCC2)CC1. The Hall–Kier alpha value is -0.910. The number of likely N-dealkylation sites (tertiary alicyclic amines) is 1. The van der Waals surface area contributed by atoms with E-state index in [9.17, 15) is 8.42 Å². The second-order valence-electron chi connectivity index (χ2n) is 6.12. The lowest BCUT2D eigenvalue weighted by atomic mass is 10.1. The highest BCUT2D eigenvalue weighted by Crippen LogP contribution is 2.23. The van der Waals surface area contributed by atoms with Crippen molar-refractivity contribution in [1.29, 1.82) is 0 Å². The Balaban J connectivity index is 1.58. The van der Waals surface area contributed by atoms with E-state index >= 15 is 0 Å². The van der Waals surface area contributed by atoms with Crippen molar-refractivity contribution >= 4 is 10.0 Å². The predicted molar refractivity (Wildman–Crippen MR) is 84.5 cm³/mol. The van der Waals surface area contributed by atoms with Crippen LogP contribution in [0.1, 0.15) is 31.2 Å². The van der Waals surface area contributed by atoms with Gasteiger partial charge in [0.25, 0.3) is 0 Å². The fraction of sp³-hybridized carbons (Fsp3) is 0.625. The Kier molecular flexibility index (Phi) is 4.62. The molecule has 1 aromatic rings. The van der Waals surface area contributed by atoms with Crippen LogP contribution < -0.4 is 0 Å². The topological polar surface area (TPSA) is 40.6 Å². The van der Waals surface area contributed by atoms with Gasteiger partial charge in [0.15, 0.2) is 0 Å². The van der Waals surface area contributed by atoms with Crippen LogP contribution in [0.15, 0.2) is 30.3 Å². The first-order valence-corrected chi connectivity index (χ1v) is 9.52. The zero-order chi connectivity index (χ0) is 14.7. The summed E-state index contributed by atoms with van der Waals surface area (Å²) in [6, 6.07) is 10.1. The molecule has 0 aromatic heterocycles. The number of benzene rings is 1. The summed E-state index contributed by atoms with van der Waals surface area (Å²) in [7, 11) is -3.17. The van der Waals surface area contributed by atoms with E-state index in [1.165, 1.54) is 25.9 Å². The quantitative estimate of drug-likeness (QED) is 0.855. The molecule has 0 unspecified atom stereocenters. The number of piperidine rings is 1. The maximum absolute atomic E-state index is 12.5. The van der Waals surface area contributed by atoms with Crippen molar-refractivity contribution in [2.24, 2.45) is 0 Å². The van der Waals surface area contributed by atoms with Crippen molar-refractivity contribution in [3.8, 4) is 0 Å². The Bertz CT molecular complexity index is 545. The molecule has 0 bridgehead atoms. The van der Waals surface area contributed by atoms with Gasteiger partial charge in [-0.3, -0.25) is 0 Å². The van der Waals surface area contributed by atoms with Crippen LogP contribution in [-0.2, 0) is 15.8 Å². The first-order chi connectivity index (χ1) is 10.1. The molecule has 116 valence electrons. The number of hydrogen-bond donors (Lipinski definition) is 0. The second-order valence-corrected chi connectivity index (χ2v) is 8.08. The Morgan fingerprint density at radius 3 is 2.19 bits per heavy atom. The minimum absolute atomic E-state index is 0.127. The van der Waals surface area contributed by atoms with Gasteiger partial charge in [-0.25, -0.2) is 12.7 Å². The lowest BCUT2D eigenvalue weighted by Crippen LogP contribution is -2.46. The molecule has 0 atom stereocenters. The molecule has 0 aliphatic carbocycles. The van der Waals surface area contributed by atoms with E-state index in [4.69, 9.17) is 0 Å². The summed E-state index contributed by atoms with van der Waals surface area (Å²) in [5.41, 5.74) is 0.874. The van der Waals surface area contributed by atoms with E-state index in [-0.39, 0.29) is 5.75 Å². The summed E-state index contributed by atoms with van der Waals surface area (Å²) >= 11 is 0. The summed E-state index contributed by atoms with van der Waals surface area (Å²) in [5.74, 6) is 0.127. The van der Waals surface area contributed by atoms with Crippen LogP contribution in [0.2, 0.25) is 0 Å². The van der Waals surface area contributed by atoms with E-state index < -0.39 is 10.0 Å². The van der Waals surface area contributed by atoms with Crippen LogP contribution in [0.4, 0.5) is 0 Å². The van der Waals surface area contributed by atoms with Crippen LogP contribution in [0, 0.1) is 0 Å². The molecule has 0 saturated carbocycles. The molecule has 2 saturated heterocycles. The number of nitrogens with zero attached hydrogens (tertiary/aromatic N) is 2. The normalized spacial score (nSPS) is 22.7. The standard InChI is InChI=1S/C16H24N2O2S/c19-21(20,14-15-6-2-1-3-7-15)18-12-8-16(9-13-18)17-10-4-5-11-17/h1-3,6-7,16H,4-5,8-14H2. The maximum atomic E-state index is 12.5. The second kappa shape index (κ2) is 6.46. The van der Waals surface area contributed by atoms with Crippen LogP contribution >= 0.6 is 0 Å². The van der Waals surface area contributed by atoms with Gasteiger partial charge in [0.2, 0.25) is 10.0 Å². The Morgan fingerprint density at radius 2 is 1.57 bits per heavy atom. The third-order valence-electron chi connectivity index (χ3n) is 4.67. The molecule has 1 aromatic carbocycles. The average Bonchev–Trinajstić information content (AvgIpc) is 3.02. The van der Waals surface area contributed by atoms with Gasteiger partial charge in [0, 0.05) is 19.1 Å². The number of sulfonamides is 1. The zero-order valence-corrected chi connectivity index (χ0v) is 13.3. The summed E-state index contributed by atoms with van der Waals surface area (Å²) in [4.78, 5) is 2.54. The van der Waals surface area contributed by atoms with E-state index in [2.05, 4.69) is 4.90 Å². The van der Waals surface area contributed by atoms with Crippen molar-refractivity contribution in [2.45, 2.75) is 37.5 Å². The maximum Gasteiger partial charge on any atom is 0.218 e. The van der Waals surface area contributed by atoms with Crippen molar-refractivity contribution in [3.05, 3.63) is 35.9 Å². The van der Waals surface area contributed by atoms with Crippen LogP contribution in [0.5, 0.6) is 0 Å². The van der Waals surface area contributed by atoms with E-state index in [1.54, 1.807) is 4.31 Å². The molecular weight excluding hydrogens is 284 g/mol. The minimum Gasteiger partial charge on any atom is -0.300 e. The van der Waals surface area contributed by atoms with Gasteiger partial charge < -0.3 is 4.90 Å². The van der Waals surface area contributed by atoms with Gasteiger partial charge in [-0.1, -0.05) is 30.3 Å². The summed E-state index contributed by atoms with van der Waals surface area (Å²) < 4.78 is 26.7. The Labute approximate surface area is 127 Å². The average molecular weight is 308 g/mol. The molecule has 0 amide bonds. The van der Waals surface area contributed by atoms with Crippen LogP contribution in [-0.4, -0.2) is 49.8 Å². The summed E-state index contributed by atoms with van der Waals surface area (Å²) in [5, 5.41) is 0. The zero-order valence-electron chi connectivity index (χ0n) is 12.4. The van der Waals surface area contributed by atoms with E-state index in [0.29, 0.717) is 19.1 Å². The van der Waals surface area contributed by atoms with Gasteiger partial charge in [-0.05, 0) is 44.3 Å². The molecule has 5 heteroatoms. The molecule has 3 rings (SSSR count). The largest absolute Gasteiger partial charge is 0.300 e. The van der Waals surface area contributed by atoms with Crippen molar-refractivity contribution < 1.29 is 8.42 Å². The minimum atomic E-state index is -3.17. The smallest absolute Gasteiger partial charge is 0.218 e. The summed E-state index contributed by atoms with van der Waals surface area (Å²) in [6.45, 7) is 3.75. The molecule has 2 fully saturated rings. The highest BCUT2D eigenvalue weighted by atomic mass is 32.2. The first-order valence-electron chi connectivity index (χ1n) is 7.91. The van der Waals surface area contributed by atoms with Gasteiger partial charge in [0.1, 0.15) is 0 Å². The molecular formula is C16H24N2O2S. The fourth-order valence-corrected chi connectivity index (χ4v) is 5.03. The third-order valence-corrected chi connectivity index (χ3v) is 6.52. The highest BCUT2D eigenvalue weighted by Gasteiger charge is 2.31. The number of rotatable bonds is 4. The van der Waals surface area contributed by atoms with Crippen molar-refractivity contribution in [1.82, 2.24) is 9.21 Å². The fourth-order valence-electron chi connectivity index (χ4n) is 3.47. The molecule has 2 aliphatic rings. The van der Waals surface area contributed by atoms with Gasteiger partial charge in [0.05, 0.1) is 5.75 Å².